The number of carbonyl (C=O) groups excluding carboxylic acids is 4. The number of hydrogen-bond acceptors (Lipinski definition) is 6. The Balaban J connectivity index is 4.66. The van der Waals surface area contributed by atoms with Crippen LogP contribution in [0.25, 0.3) is 0 Å². The first-order chi connectivity index (χ1) is 14.6. The van der Waals surface area contributed by atoms with Crippen molar-refractivity contribution >= 4 is 23.5 Å². The molecule has 0 saturated heterocycles. The molecule has 1 unspecified atom stereocenters. The number of hydrogen-bond donors (Lipinski definition) is 5. The van der Waals surface area contributed by atoms with Gasteiger partial charge in [0.05, 0.1) is 11.9 Å². The van der Waals surface area contributed by atoms with Gasteiger partial charge in [-0.15, -0.1) is 0 Å². The number of Topliss-reactive ketones (excluding diaryl/α,β-unsaturated/α-hetero) is 1. The minimum Gasteiger partial charge on any atom is -0.386 e. The van der Waals surface area contributed by atoms with Crippen molar-refractivity contribution in [3.05, 3.63) is 12.4 Å². The van der Waals surface area contributed by atoms with E-state index in [0.717, 1.165) is 0 Å². The van der Waals surface area contributed by atoms with Crippen LogP contribution in [0.1, 0.15) is 72.6 Å². The van der Waals surface area contributed by atoms with Crippen molar-refractivity contribution < 1.29 is 19.2 Å². The van der Waals surface area contributed by atoms with Crippen molar-refractivity contribution in [1.29, 1.82) is 0 Å². The Morgan fingerprint density at radius 3 is 2.06 bits per heavy atom. The lowest BCUT2D eigenvalue weighted by Crippen LogP contribution is -2.53. The van der Waals surface area contributed by atoms with Gasteiger partial charge >= 0.3 is 0 Å². The summed E-state index contributed by atoms with van der Waals surface area (Å²) in [5.74, 6) is -0.421. The van der Waals surface area contributed by atoms with E-state index < -0.39 is 12.1 Å². The van der Waals surface area contributed by atoms with Crippen LogP contribution in [-0.2, 0) is 19.2 Å². The number of nitrogens with one attached hydrogen (secondary N) is 4. The monoisotopic (exact) mass is 439 g/mol. The van der Waals surface area contributed by atoms with Gasteiger partial charge < -0.3 is 27.0 Å². The third kappa shape index (κ3) is 13.4. The van der Waals surface area contributed by atoms with Gasteiger partial charge in [0, 0.05) is 32.4 Å². The Hall–Kier alpha value is -2.58. The molecule has 9 nitrogen and oxygen atoms in total. The molecule has 9 heteroatoms. The molecule has 178 valence electrons. The third-order valence-corrected chi connectivity index (χ3v) is 4.81. The SMILES string of the molecule is C=C(N)NCCC[C@H](NC(=O)C(NC(=O)CCCCNC(=O)CC)C(C)C)C(=O)CC. The van der Waals surface area contributed by atoms with Gasteiger partial charge in [-0.3, -0.25) is 19.2 Å². The molecule has 6 N–H and O–H groups in total. The molecular formula is C22H41N5O4. The van der Waals surface area contributed by atoms with Crippen molar-refractivity contribution in [1.82, 2.24) is 21.3 Å². The summed E-state index contributed by atoms with van der Waals surface area (Å²) in [6, 6.07) is -1.33. The molecule has 0 fully saturated rings. The predicted molar refractivity (Wildman–Crippen MR) is 122 cm³/mol. The first-order valence-electron chi connectivity index (χ1n) is 11.2. The van der Waals surface area contributed by atoms with E-state index in [0.29, 0.717) is 57.4 Å². The molecule has 0 aromatic carbocycles. The zero-order valence-corrected chi connectivity index (χ0v) is 19.5. The molecule has 2 atom stereocenters. The summed E-state index contributed by atoms with van der Waals surface area (Å²) in [7, 11) is 0. The number of carbonyl (C=O) groups is 4. The molecule has 0 rings (SSSR count). The third-order valence-electron chi connectivity index (χ3n) is 4.81. The van der Waals surface area contributed by atoms with E-state index in [1.807, 2.05) is 13.8 Å². The van der Waals surface area contributed by atoms with Gasteiger partial charge in [-0.05, 0) is 31.6 Å². The number of nitrogens with two attached hydrogens (primary N) is 1. The standard InChI is InChI=1S/C22H41N5O4/c1-6-18(28)17(11-10-14-24-16(5)23)26-22(31)21(15(3)4)27-20(30)12-8-9-13-25-19(29)7-2/h15,17,21,24H,5-14,23H2,1-4H3,(H,25,29)(H,26,31)(H,27,30)/t17-,21?/m0/s1. The van der Waals surface area contributed by atoms with Crippen molar-refractivity contribution in [3.63, 3.8) is 0 Å². The summed E-state index contributed by atoms with van der Waals surface area (Å²) in [6.07, 6.45) is 3.43. The number of unbranched alkanes of at least 4 members (excludes halogenated alkanes) is 1. The summed E-state index contributed by atoms with van der Waals surface area (Å²) in [6.45, 7) is 11.9. The fourth-order valence-electron chi connectivity index (χ4n) is 2.92. The fraction of sp³-hybridized carbons (Fsp3) is 0.727. The van der Waals surface area contributed by atoms with Gasteiger partial charge in [0.25, 0.3) is 0 Å². The molecular weight excluding hydrogens is 398 g/mol. The smallest absolute Gasteiger partial charge is 0.243 e. The maximum atomic E-state index is 12.8. The molecule has 0 aromatic heterocycles. The first-order valence-corrected chi connectivity index (χ1v) is 11.2. The fourth-order valence-corrected chi connectivity index (χ4v) is 2.92. The molecule has 0 aliphatic rings. The largest absolute Gasteiger partial charge is 0.386 e. The average Bonchev–Trinajstić information content (AvgIpc) is 2.72. The second kappa shape index (κ2) is 16.2. The second-order valence-corrected chi connectivity index (χ2v) is 7.93. The quantitative estimate of drug-likeness (QED) is 0.215. The summed E-state index contributed by atoms with van der Waals surface area (Å²) in [4.78, 5) is 48.6. The number of rotatable bonds is 17. The van der Waals surface area contributed by atoms with E-state index in [9.17, 15) is 19.2 Å². The molecule has 3 amide bonds. The molecule has 0 bridgehead atoms. The van der Waals surface area contributed by atoms with Crippen LogP contribution in [-0.4, -0.2) is 48.7 Å². The lowest BCUT2D eigenvalue weighted by molar-refractivity contribution is -0.132. The van der Waals surface area contributed by atoms with Crippen LogP contribution in [0.3, 0.4) is 0 Å². The van der Waals surface area contributed by atoms with Crippen LogP contribution in [0.4, 0.5) is 0 Å². The van der Waals surface area contributed by atoms with Gasteiger partial charge in [0.15, 0.2) is 5.78 Å². The molecule has 0 saturated carbocycles. The summed E-state index contributed by atoms with van der Waals surface area (Å²) in [5, 5.41) is 11.2. The van der Waals surface area contributed by atoms with E-state index in [1.165, 1.54) is 0 Å². The number of amides is 3. The maximum absolute atomic E-state index is 12.8. The van der Waals surface area contributed by atoms with Crippen molar-refractivity contribution in [2.45, 2.75) is 84.7 Å². The van der Waals surface area contributed by atoms with E-state index in [2.05, 4.69) is 27.8 Å². The lowest BCUT2D eigenvalue weighted by atomic mass is 10.00. The summed E-state index contributed by atoms with van der Waals surface area (Å²) < 4.78 is 0. The minimum absolute atomic E-state index is 0.0130. The van der Waals surface area contributed by atoms with E-state index >= 15 is 0 Å². The Morgan fingerprint density at radius 1 is 0.871 bits per heavy atom. The molecule has 0 radical (unpaired) electrons. The highest BCUT2D eigenvalue weighted by Gasteiger charge is 2.27. The first kappa shape index (κ1) is 28.4. The maximum Gasteiger partial charge on any atom is 0.243 e. The molecule has 0 aliphatic heterocycles. The Kier molecular flexibility index (Phi) is 14.8. The van der Waals surface area contributed by atoms with E-state index in [-0.39, 0.29) is 35.8 Å². The van der Waals surface area contributed by atoms with Crippen LogP contribution in [0.2, 0.25) is 0 Å². The second-order valence-electron chi connectivity index (χ2n) is 7.93. The number of ketones is 1. The Labute approximate surface area is 186 Å². The average molecular weight is 440 g/mol. The predicted octanol–water partition coefficient (Wildman–Crippen LogP) is 1.09. The van der Waals surface area contributed by atoms with Gasteiger partial charge in [0.2, 0.25) is 17.7 Å². The highest BCUT2D eigenvalue weighted by atomic mass is 16.2. The van der Waals surface area contributed by atoms with Crippen molar-refractivity contribution in [3.8, 4) is 0 Å². The normalized spacial score (nSPS) is 12.5. The molecule has 0 aromatic rings. The highest BCUT2D eigenvalue weighted by Crippen LogP contribution is 2.07. The van der Waals surface area contributed by atoms with Gasteiger partial charge in [0.1, 0.15) is 6.04 Å². The lowest BCUT2D eigenvalue weighted by Gasteiger charge is -2.25. The summed E-state index contributed by atoms with van der Waals surface area (Å²) >= 11 is 0. The van der Waals surface area contributed by atoms with Crippen LogP contribution in [0.5, 0.6) is 0 Å². The van der Waals surface area contributed by atoms with Crippen LogP contribution in [0.15, 0.2) is 12.4 Å². The molecule has 31 heavy (non-hydrogen) atoms. The topological polar surface area (TPSA) is 142 Å². The van der Waals surface area contributed by atoms with Crippen LogP contribution >= 0.6 is 0 Å². The van der Waals surface area contributed by atoms with Gasteiger partial charge in [-0.1, -0.05) is 34.3 Å². The Morgan fingerprint density at radius 2 is 1.52 bits per heavy atom. The van der Waals surface area contributed by atoms with E-state index in [4.69, 9.17) is 5.73 Å². The van der Waals surface area contributed by atoms with Crippen LogP contribution < -0.4 is 27.0 Å². The zero-order chi connectivity index (χ0) is 23.8. The minimum atomic E-state index is -0.721. The van der Waals surface area contributed by atoms with Gasteiger partial charge in [-0.25, -0.2) is 0 Å². The van der Waals surface area contributed by atoms with Crippen LogP contribution in [0, 0.1) is 5.92 Å². The van der Waals surface area contributed by atoms with E-state index in [1.54, 1.807) is 13.8 Å². The molecule has 0 heterocycles. The highest BCUT2D eigenvalue weighted by molar-refractivity contribution is 5.92. The molecule has 0 spiro atoms. The zero-order valence-electron chi connectivity index (χ0n) is 19.5. The van der Waals surface area contributed by atoms with Crippen molar-refractivity contribution in [2.24, 2.45) is 11.7 Å². The van der Waals surface area contributed by atoms with Crippen molar-refractivity contribution in [2.75, 3.05) is 13.1 Å². The Bertz CT molecular complexity index is 607. The molecule has 0 aliphatic carbocycles. The van der Waals surface area contributed by atoms with Gasteiger partial charge in [-0.2, -0.15) is 0 Å². The summed E-state index contributed by atoms with van der Waals surface area (Å²) in [5.41, 5.74) is 5.47.